The lowest BCUT2D eigenvalue weighted by atomic mass is 9.99. The fourth-order valence-electron chi connectivity index (χ4n) is 3.75. The van der Waals surface area contributed by atoms with E-state index in [1.165, 1.54) is 18.5 Å². The number of nitrogens with one attached hydrogen (secondary N) is 1. The van der Waals surface area contributed by atoms with Gasteiger partial charge in [-0.3, -0.25) is 9.78 Å². The second kappa shape index (κ2) is 8.54. The van der Waals surface area contributed by atoms with Crippen molar-refractivity contribution in [2.75, 3.05) is 18.0 Å². The van der Waals surface area contributed by atoms with Gasteiger partial charge in [-0.2, -0.15) is 5.26 Å². The molecule has 1 unspecified atom stereocenters. The Balaban J connectivity index is 1.98. The minimum absolute atomic E-state index is 0.223. The maximum Gasteiger partial charge on any atom is 0.408 e. The molecule has 3 rings (SSSR count). The van der Waals surface area contributed by atoms with Crippen molar-refractivity contribution in [1.29, 1.82) is 5.26 Å². The Hall–Kier alpha value is -3.54. The molecule has 1 aliphatic heterocycles. The molecule has 2 heterocycles. The Bertz CT molecular complexity index is 1110. The molecule has 1 aromatic carbocycles. The van der Waals surface area contributed by atoms with E-state index >= 15 is 0 Å². The second-order valence-corrected chi connectivity index (χ2v) is 9.03. The number of nitrogens with zero attached hydrogens (tertiary/aromatic N) is 3. The van der Waals surface area contributed by atoms with Crippen LogP contribution in [0.5, 0.6) is 0 Å². The number of amides is 1. The van der Waals surface area contributed by atoms with Crippen molar-refractivity contribution in [3.05, 3.63) is 47.3 Å². The van der Waals surface area contributed by atoms with Crippen LogP contribution in [0.25, 0.3) is 11.1 Å². The number of aromatic nitrogens is 1. The van der Waals surface area contributed by atoms with E-state index in [1.807, 2.05) is 11.8 Å². The van der Waals surface area contributed by atoms with Gasteiger partial charge in [-0.15, -0.1) is 0 Å². The van der Waals surface area contributed by atoms with Crippen LogP contribution in [-0.2, 0) is 4.74 Å². The van der Waals surface area contributed by atoms with Crippen molar-refractivity contribution in [3.8, 4) is 17.2 Å². The first-order chi connectivity index (χ1) is 15.0. The number of hydrogen-bond donors (Lipinski definition) is 1. The molecule has 168 valence electrons. The van der Waals surface area contributed by atoms with Gasteiger partial charge < -0.3 is 15.0 Å². The van der Waals surface area contributed by atoms with Crippen LogP contribution in [0.15, 0.2) is 24.5 Å². The highest BCUT2D eigenvalue weighted by atomic mass is 19.2. The van der Waals surface area contributed by atoms with Gasteiger partial charge in [-0.1, -0.05) is 0 Å². The van der Waals surface area contributed by atoms with E-state index in [2.05, 4.69) is 10.3 Å². The van der Waals surface area contributed by atoms with Crippen LogP contribution >= 0.6 is 0 Å². The molecule has 0 bridgehead atoms. The first-order valence-corrected chi connectivity index (χ1v) is 10.0. The van der Waals surface area contributed by atoms with Gasteiger partial charge in [0.05, 0.1) is 22.4 Å². The molecule has 0 spiro atoms. The molecular formula is C23H24F2N4O3. The molecule has 7 nitrogen and oxygen atoms in total. The lowest BCUT2D eigenvalue weighted by molar-refractivity contribution is 0.0473. The maximum absolute atomic E-state index is 14.1. The van der Waals surface area contributed by atoms with Gasteiger partial charge in [0, 0.05) is 31.0 Å². The van der Waals surface area contributed by atoms with Gasteiger partial charge in [-0.05, 0) is 51.8 Å². The lowest BCUT2D eigenvalue weighted by Crippen LogP contribution is -2.49. The molecule has 1 amide bonds. The number of ether oxygens (including phenoxy) is 1. The van der Waals surface area contributed by atoms with E-state index in [9.17, 15) is 18.4 Å². The van der Waals surface area contributed by atoms with Crippen molar-refractivity contribution in [1.82, 2.24) is 10.3 Å². The summed E-state index contributed by atoms with van der Waals surface area (Å²) in [6.07, 6.45) is 3.47. The molecule has 0 radical (unpaired) electrons. The molecule has 1 N–H and O–H groups in total. The highest BCUT2D eigenvalue weighted by Gasteiger charge is 2.38. The van der Waals surface area contributed by atoms with E-state index in [0.29, 0.717) is 37.0 Å². The van der Waals surface area contributed by atoms with Crippen molar-refractivity contribution in [3.63, 3.8) is 0 Å². The number of benzene rings is 1. The number of rotatable bonds is 4. The average Bonchev–Trinajstić information content (AvgIpc) is 3.08. The molecule has 0 saturated carbocycles. The fraction of sp³-hybridized carbons (Fsp3) is 0.391. The summed E-state index contributed by atoms with van der Waals surface area (Å²) in [5, 5.41) is 12.0. The van der Waals surface area contributed by atoms with E-state index in [4.69, 9.17) is 10.00 Å². The topological polar surface area (TPSA) is 95.3 Å². The molecule has 1 aromatic heterocycles. The van der Waals surface area contributed by atoms with Gasteiger partial charge in [0.15, 0.2) is 17.9 Å². The number of anilines is 1. The highest BCUT2D eigenvalue weighted by Crippen LogP contribution is 2.37. The Morgan fingerprint density at radius 1 is 1.34 bits per heavy atom. The van der Waals surface area contributed by atoms with E-state index in [-0.39, 0.29) is 11.1 Å². The molecule has 0 aliphatic carbocycles. The zero-order valence-corrected chi connectivity index (χ0v) is 18.3. The van der Waals surface area contributed by atoms with Gasteiger partial charge in [0.2, 0.25) is 0 Å². The first kappa shape index (κ1) is 23.1. The predicted octanol–water partition coefficient (Wildman–Crippen LogP) is 4.20. The average molecular weight is 442 g/mol. The van der Waals surface area contributed by atoms with E-state index < -0.39 is 34.4 Å². The molecule has 1 fully saturated rings. The number of aldehydes is 1. The summed E-state index contributed by atoms with van der Waals surface area (Å²) in [7, 11) is 0. The number of carbonyl (C=O) groups is 2. The third-order valence-electron chi connectivity index (χ3n) is 5.12. The van der Waals surface area contributed by atoms with Crippen LogP contribution in [0.4, 0.5) is 19.3 Å². The van der Waals surface area contributed by atoms with Gasteiger partial charge in [0.1, 0.15) is 11.7 Å². The Morgan fingerprint density at radius 2 is 2.06 bits per heavy atom. The maximum atomic E-state index is 14.1. The Kier molecular flexibility index (Phi) is 6.17. The monoisotopic (exact) mass is 442 g/mol. The largest absolute Gasteiger partial charge is 0.444 e. The van der Waals surface area contributed by atoms with Gasteiger partial charge >= 0.3 is 6.09 Å². The number of nitriles is 1. The first-order valence-electron chi connectivity index (χ1n) is 10.0. The quantitative estimate of drug-likeness (QED) is 0.713. The molecule has 1 atom stereocenters. The van der Waals surface area contributed by atoms with Crippen molar-refractivity contribution < 1.29 is 23.1 Å². The van der Waals surface area contributed by atoms with Crippen molar-refractivity contribution >= 4 is 18.1 Å². The zero-order chi connectivity index (χ0) is 23.7. The third-order valence-corrected chi connectivity index (χ3v) is 5.12. The zero-order valence-electron chi connectivity index (χ0n) is 18.3. The molecule has 1 saturated heterocycles. The van der Waals surface area contributed by atoms with Gasteiger partial charge in [-0.25, -0.2) is 13.6 Å². The number of carbonyl (C=O) groups excluding carboxylic acids is 2. The normalized spacial score (nSPS) is 18.2. The minimum Gasteiger partial charge on any atom is -0.444 e. The summed E-state index contributed by atoms with van der Waals surface area (Å²) in [4.78, 5) is 30.0. The fourth-order valence-corrected chi connectivity index (χ4v) is 3.75. The van der Waals surface area contributed by atoms with Crippen LogP contribution in [-0.4, -0.2) is 41.6 Å². The number of pyridine rings is 1. The summed E-state index contributed by atoms with van der Waals surface area (Å²) in [6.45, 7) is 8.01. The Morgan fingerprint density at radius 3 is 2.69 bits per heavy atom. The van der Waals surface area contributed by atoms with Crippen LogP contribution in [0.3, 0.4) is 0 Å². The summed E-state index contributed by atoms with van der Waals surface area (Å²) in [6, 6.07) is 3.83. The van der Waals surface area contributed by atoms with Crippen molar-refractivity contribution in [2.24, 2.45) is 0 Å². The SMILES string of the molecule is CC1(NC(=O)OC(C)(C)C)CCN(c2c(C=O)cncc2-c2cc(F)c(F)c(C#N)c2)C1. The Labute approximate surface area is 185 Å². The standard InChI is InChI=1S/C23H24F2N4O3/c1-22(2,3)32-21(31)28-23(4)5-6-29(13-23)20-16(12-30)10-27-11-17(20)14-7-15(9-26)19(25)18(24)8-14/h7-8,10-12H,5-6,13H2,1-4H3,(H,28,31). The number of hydrogen-bond acceptors (Lipinski definition) is 6. The molecule has 9 heteroatoms. The minimum atomic E-state index is -1.23. The molecule has 1 aliphatic rings. The number of alkyl carbamates (subject to hydrolysis) is 1. The smallest absolute Gasteiger partial charge is 0.408 e. The summed E-state index contributed by atoms with van der Waals surface area (Å²) in [5.41, 5.74) is -0.402. The van der Waals surface area contributed by atoms with Crippen LogP contribution < -0.4 is 10.2 Å². The van der Waals surface area contributed by atoms with Crippen molar-refractivity contribution in [2.45, 2.75) is 45.3 Å². The van der Waals surface area contributed by atoms with Crippen LogP contribution in [0.2, 0.25) is 0 Å². The summed E-state index contributed by atoms with van der Waals surface area (Å²) in [5.74, 6) is -2.40. The molecule has 32 heavy (non-hydrogen) atoms. The van der Waals surface area contributed by atoms with E-state index in [0.717, 1.165) is 6.07 Å². The third kappa shape index (κ3) is 4.85. The van der Waals surface area contributed by atoms with Crippen LogP contribution in [0.1, 0.15) is 50.0 Å². The van der Waals surface area contributed by atoms with Crippen LogP contribution in [0, 0.1) is 23.0 Å². The predicted molar refractivity (Wildman–Crippen MR) is 114 cm³/mol. The lowest BCUT2D eigenvalue weighted by Gasteiger charge is -2.30. The molecule has 2 aromatic rings. The number of halogens is 2. The van der Waals surface area contributed by atoms with Gasteiger partial charge in [0.25, 0.3) is 0 Å². The summed E-state index contributed by atoms with van der Waals surface area (Å²) < 4.78 is 33.3. The molecular weight excluding hydrogens is 418 g/mol. The highest BCUT2D eigenvalue weighted by molar-refractivity contribution is 5.93. The summed E-state index contributed by atoms with van der Waals surface area (Å²) >= 11 is 0. The van der Waals surface area contributed by atoms with E-state index in [1.54, 1.807) is 26.8 Å². The second-order valence-electron chi connectivity index (χ2n) is 9.03.